The van der Waals surface area contributed by atoms with Gasteiger partial charge in [-0.15, -0.1) is 0 Å². The van der Waals surface area contributed by atoms with Gasteiger partial charge in [0, 0.05) is 17.6 Å². The van der Waals surface area contributed by atoms with E-state index in [1.807, 2.05) is 42.5 Å². The summed E-state index contributed by atoms with van der Waals surface area (Å²) in [5.74, 6) is 1.52. The molecule has 0 N–H and O–H groups in total. The molecular weight excluding hydrogens is 341 g/mol. The zero-order chi connectivity index (χ0) is 18.4. The molecule has 4 nitrogen and oxygen atoms in total. The standard InChI is InChI=1S/C22H22FN3O/c1-26-17-11-12-19(26)20(18(13-17)14-7-9-16(23)10-8-14)22-24-21(25-27-22)15-5-3-2-4-6-15/h2-10,17-20H,11-13H2,1H3/t17-,18?,19+,20?/m0/s1. The first-order valence-electron chi connectivity index (χ1n) is 9.57. The Labute approximate surface area is 158 Å². The maximum absolute atomic E-state index is 13.4. The molecule has 4 atom stereocenters. The van der Waals surface area contributed by atoms with Gasteiger partial charge in [-0.2, -0.15) is 4.98 Å². The van der Waals surface area contributed by atoms with Crippen molar-refractivity contribution in [3.05, 3.63) is 71.9 Å². The Morgan fingerprint density at radius 1 is 1.04 bits per heavy atom. The number of halogens is 1. The van der Waals surface area contributed by atoms with E-state index in [9.17, 15) is 4.39 Å². The van der Waals surface area contributed by atoms with E-state index in [1.54, 1.807) is 12.1 Å². The van der Waals surface area contributed by atoms with Crippen molar-refractivity contribution in [2.75, 3.05) is 7.05 Å². The van der Waals surface area contributed by atoms with Crippen LogP contribution < -0.4 is 0 Å². The van der Waals surface area contributed by atoms with Crippen molar-refractivity contribution in [3.63, 3.8) is 0 Å². The van der Waals surface area contributed by atoms with Crippen LogP contribution in [0, 0.1) is 5.82 Å². The molecule has 3 heterocycles. The maximum atomic E-state index is 13.4. The number of benzene rings is 2. The minimum atomic E-state index is -0.199. The second-order valence-electron chi connectivity index (χ2n) is 7.71. The van der Waals surface area contributed by atoms with Crippen molar-refractivity contribution in [2.45, 2.75) is 43.2 Å². The first-order chi connectivity index (χ1) is 13.2. The number of aromatic nitrogens is 2. The summed E-state index contributed by atoms with van der Waals surface area (Å²) in [5, 5.41) is 4.25. The molecule has 3 aromatic rings. The van der Waals surface area contributed by atoms with Crippen LogP contribution in [0.3, 0.4) is 0 Å². The summed E-state index contributed by atoms with van der Waals surface area (Å²) in [6, 6.07) is 17.8. The van der Waals surface area contributed by atoms with Gasteiger partial charge in [0.05, 0.1) is 5.92 Å². The largest absolute Gasteiger partial charge is 0.339 e. The summed E-state index contributed by atoms with van der Waals surface area (Å²) in [6.07, 6.45) is 3.36. The van der Waals surface area contributed by atoms with Crippen LogP contribution in [0.2, 0.25) is 0 Å². The average molecular weight is 363 g/mol. The number of piperidine rings is 1. The van der Waals surface area contributed by atoms with E-state index in [0.29, 0.717) is 23.8 Å². The zero-order valence-corrected chi connectivity index (χ0v) is 15.3. The Morgan fingerprint density at radius 2 is 1.81 bits per heavy atom. The lowest BCUT2D eigenvalue weighted by molar-refractivity contribution is 0.120. The summed E-state index contributed by atoms with van der Waals surface area (Å²) < 4.78 is 19.2. The number of hydrogen-bond donors (Lipinski definition) is 0. The Bertz CT molecular complexity index is 924. The smallest absolute Gasteiger partial charge is 0.232 e. The summed E-state index contributed by atoms with van der Waals surface area (Å²) >= 11 is 0. The molecule has 138 valence electrons. The van der Waals surface area contributed by atoms with Gasteiger partial charge in [0.15, 0.2) is 0 Å². The second kappa shape index (κ2) is 6.57. The van der Waals surface area contributed by atoms with Crippen LogP contribution in [-0.4, -0.2) is 34.2 Å². The second-order valence-corrected chi connectivity index (χ2v) is 7.71. The molecular formula is C22H22FN3O. The zero-order valence-electron chi connectivity index (χ0n) is 15.3. The Balaban J connectivity index is 1.54. The Hall–Kier alpha value is -2.53. The summed E-state index contributed by atoms with van der Waals surface area (Å²) in [5.41, 5.74) is 2.12. The van der Waals surface area contributed by atoms with Crippen LogP contribution in [0.4, 0.5) is 4.39 Å². The molecule has 2 fully saturated rings. The molecule has 5 heteroatoms. The van der Waals surface area contributed by atoms with Gasteiger partial charge in [0.1, 0.15) is 5.82 Å². The monoisotopic (exact) mass is 363 g/mol. The van der Waals surface area contributed by atoms with E-state index < -0.39 is 0 Å². The molecule has 2 aromatic carbocycles. The number of hydrogen-bond acceptors (Lipinski definition) is 4. The molecule has 0 saturated carbocycles. The fourth-order valence-corrected chi connectivity index (χ4v) is 4.93. The van der Waals surface area contributed by atoms with Gasteiger partial charge in [-0.3, -0.25) is 4.90 Å². The van der Waals surface area contributed by atoms with E-state index in [1.165, 1.54) is 6.42 Å². The lowest BCUT2D eigenvalue weighted by atomic mass is 9.76. The number of rotatable bonds is 3. The molecule has 0 amide bonds. The van der Waals surface area contributed by atoms with Crippen LogP contribution in [0.5, 0.6) is 0 Å². The van der Waals surface area contributed by atoms with E-state index in [2.05, 4.69) is 17.1 Å². The first-order valence-corrected chi connectivity index (χ1v) is 9.57. The fourth-order valence-electron chi connectivity index (χ4n) is 4.93. The van der Waals surface area contributed by atoms with Crippen molar-refractivity contribution in [2.24, 2.45) is 0 Å². The van der Waals surface area contributed by atoms with Crippen LogP contribution in [0.1, 0.15) is 42.6 Å². The number of fused-ring (bicyclic) bond motifs is 2. The third-order valence-electron chi connectivity index (χ3n) is 6.33. The Morgan fingerprint density at radius 3 is 2.59 bits per heavy atom. The van der Waals surface area contributed by atoms with Gasteiger partial charge in [-0.05, 0) is 49.9 Å². The van der Waals surface area contributed by atoms with Crippen molar-refractivity contribution in [1.29, 1.82) is 0 Å². The lowest BCUT2D eigenvalue weighted by Crippen LogP contribution is -2.44. The molecule has 0 aliphatic carbocycles. The van der Waals surface area contributed by atoms with Crippen LogP contribution in [0.15, 0.2) is 59.1 Å². The molecule has 2 bridgehead atoms. The fraction of sp³-hybridized carbons (Fsp3) is 0.364. The molecule has 0 spiro atoms. The molecule has 2 saturated heterocycles. The SMILES string of the molecule is CN1[C@H]2CC[C@@H]1C(c1nc(-c3ccccc3)no1)C(c1ccc(F)cc1)C2. The van der Waals surface area contributed by atoms with Gasteiger partial charge >= 0.3 is 0 Å². The third-order valence-corrected chi connectivity index (χ3v) is 6.33. The highest BCUT2D eigenvalue weighted by Crippen LogP contribution is 2.50. The highest BCUT2D eigenvalue weighted by Gasteiger charge is 2.48. The minimum absolute atomic E-state index is 0.129. The molecule has 5 rings (SSSR count). The van der Waals surface area contributed by atoms with E-state index in [-0.39, 0.29) is 17.7 Å². The molecule has 0 radical (unpaired) electrons. The topological polar surface area (TPSA) is 42.2 Å². The normalized spacial score (nSPS) is 27.8. The van der Waals surface area contributed by atoms with Gasteiger partial charge in [0.25, 0.3) is 0 Å². The molecule has 27 heavy (non-hydrogen) atoms. The first kappa shape index (κ1) is 16.6. The quantitative estimate of drug-likeness (QED) is 0.681. The molecule has 2 aliphatic heterocycles. The van der Waals surface area contributed by atoms with Gasteiger partial charge in [-0.25, -0.2) is 4.39 Å². The maximum Gasteiger partial charge on any atom is 0.232 e. The summed E-state index contributed by atoms with van der Waals surface area (Å²) in [7, 11) is 2.20. The van der Waals surface area contributed by atoms with Gasteiger partial charge < -0.3 is 4.52 Å². The molecule has 2 aliphatic rings. The lowest BCUT2D eigenvalue weighted by Gasteiger charge is -2.41. The van der Waals surface area contributed by atoms with Crippen LogP contribution >= 0.6 is 0 Å². The van der Waals surface area contributed by atoms with Crippen molar-refractivity contribution in [1.82, 2.24) is 15.0 Å². The van der Waals surface area contributed by atoms with Crippen LogP contribution in [-0.2, 0) is 0 Å². The molecule has 1 aromatic heterocycles. The number of nitrogens with zero attached hydrogens (tertiary/aromatic N) is 3. The highest BCUT2D eigenvalue weighted by molar-refractivity contribution is 5.53. The molecule has 2 unspecified atom stereocenters. The van der Waals surface area contributed by atoms with Gasteiger partial charge in [-0.1, -0.05) is 47.6 Å². The number of likely N-dealkylation sites (N-methyl/N-ethyl adjacent to an activating group) is 1. The van der Waals surface area contributed by atoms with Gasteiger partial charge in [0.2, 0.25) is 11.7 Å². The summed E-state index contributed by atoms with van der Waals surface area (Å²) in [6.45, 7) is 0. The van der Waals surface area contributed by atoms with E-state index >= 15 is 0 Å². The predicted octanol–water partition coefficient (Wildman–Crippen LogP) is 4.61. The predicted molar refractivity (Wildman–Crippen MR) is 101 cm³/mol. The van der Waals surface area contributed by atoms with E-state index in [4.69, 9.17) is 9.51 Å². The van der Waals surface area contributed by atoms with Crippen LogP contribution in [0.25, 0.3) is 11.4 Å². The van der Waals surface area contributed by atoms with Crippen molar-refractivity contribution < 1.29 is 8.91 Å². The Kier molecular flexibility index (Phi) is 4.05. The third kappa shape index (κ3) is 2.86. The average Bonchev–Trinajstić information content (AvgIpc) is 3.26. The van der Waals surface area contributed by atoms with Crippen molar-refractivity contribution >= 4 is 0 Å². The highest BCUT2D eigenvalue weighted by atomic mass is 19.1. The van der Waals surface area contributed by atoms with Crippen molar-refractivity contribution in [3.8, 4) is 11.4 Å². The summed E-state index contributed by atoms with van der Waals surface area (Å²) in [4.78, 5) is 7.24. The minimum Gasteiger partial charge on any atom is -0.339 e. The van der Waals surface area contributed by atoms with E-state index in [0.717, 1.165) is 24.0 Å².